The second kappa shape index (κ2) is 7.26. The second-order valence-corrected chi connectivity index (χ2v) is 6.04. The van der Waals surface area contributed by atoms with Crippen molar-refractivity contribution in [3.05, 3.63) is 70.2 Å². The van der Waals surface area contributed by atoms with Gasteiger partial charge >= 0.3 is 5.97 Å². The van der Waals surface area contributed by atoms with E-state index in [-0.39, 0.29) is 6.61 Å². The number of hydrogen-bond acceptors (Lipinski definition) is 5. The van der Waals surface area contributed by atoms with Gasteiger partial charge in [0.05, 0.1) is 4.88 Å². The van der Waals surface area contributed by atoms with Crippen LogP contribution in [0.1, 0.15) is 11.3 Å². The van der Waals surface area contributed by atoms with Crippen molar-refractivity contribution in [1.29, 1.82) is 0 Å². The molecule has 0 radical (unpaired) electrons. The van der Waals surface area contributed by atoms with E-state index >= 15 is 0 Å². The van der Waals surface area contributed by atoms with Crippen molar-refractivity contribution in [3.63, 3.8) is 0 Å². The minimum Gasteiger partial charge on any atom is -0.456 e. The molecular formula is C17H12ClNO3S. The van der Waals surface area contributed by atoms with E-state index in [4.69, 9.17) is 20.9 Å². The Labute approximate surface area is 141 Å². The Morgan fingerprint density at radius 3 is 3.00 bits per heavy atom. The predicted molar refractivity (Wildman–Crippen MR) is 90.1 cm³/mol. The molecule has 0 unspecified atom stereocenters. The Kier molecular flexibility index (Phi) is 4.90. The molecule has 0 aliphatic carbocycles. The summed E-state index contributed by atoms with van der Waals surface area (Å²) in [4.78, 5) is 12.7. The highest BCUT2D eigenvalue weighted by molar-refractivity contribution is 7.13. The van der Waals surface area contributed by atoms with E-state index in [1.54, 1.807) is 35.6 Å². The fraction of sp³-hybridized carbons (Fsp3) is 0.0588. The average molecular weight is 346 g/mol. The molecule has 0 bridgehead atoms. The summed E-state index contributed by atoms with van der Waals surface area (Å²) in [6, 6.07) is 12.8. The van der Waals surface area contributed by atoms with Crippen LogP contribution in [0.3, 0.4) is 0 Å². The topological polar surface area (TPSA) is 52.3 Å². The zero-order valence-electron chi connectivity index (χ0n) is 11.9. The number of nitrogens with zero attached hydrogens (tertiary/aromatic N) is 1. The molecule has 0 amide bonds. The SMILES string of the molecule is O=C(/C=C/c1cccc(Cl)c1)OCc1cc(-c2cccs2)on1. The van der Waals surface area contributed by atoms with Gasteiger partial charge in [-0.25, -0.2) is 4.79 Å². The third-order valence-corrected chi connectivity index (χ3v) is 4.07. The lowest BCUT2D eigenvalue weighted by Crippen LogP contribution is -2.00. The molecule has 0 spiro atoms. The number of esters is 1. The van der Waals surface area contributed by atoms with Gasteiger partial charge in [0.25, 0.3) is 0 Å². The van der Waals surface area contributed by atoms with E-state index in [2.05, 4.69) is 5.16 Å². The first-order valence-corrected chi connectivity index (χ1v) is 8.06. The molecule has 3 aromatic rings. The molecule has 23 heavy (non-hydrogen) atoms. The largest absolute Gasteiger partial charge is 0.456 e. The van der Waals surface area contributed by atoms with E-state index in [9.17, 15) is 4.79 Å². The molecule has 0 saturated carbocycles. The van der Waals surface area contributed by atoms with Crippen LogP contribution in [0.5, 0.6) is 0 Å². The molecule has 1 aromatic carbocycles. The van der Waals surface area contributed by atoms with Gasteiger partial charge < -0.3 is 9.26 Å². The van der Waals surface area contributed by atoms with Crippen LogP contribution in [0.2, 0.25) is 5.02 Å². The Hall–Kier alpha value is -2.37. The Balaban J connectivity index is 1.55. The number of carbonyl (C=O) groups excluding carboxylic acids is 1. The van der Waals surface area contributed by atoms with Gasteiger partial charge in [-0.2, -0.15) is 0 Å². The first kappa shape index (κ1) is 15.5. The van der Waals surface area contributed by atoms with E-state index < -0.39 is 5.97 Å². The summed E-state index contributed by atoms with van der Waals surface area (Å²) in [6.07, 6.45) is 3.00. The Morgan fingerprint density at radius 1 is 1.30 bits per heavy atom. The minimum absolute atomic E-state index is 0.0631. The standard InChI is InChI=1S/C17H12ClNO3S/c18-13-4-1-3-12(9-13)6-7-17(20)21-11-14-10-15(22-19-14)16-5-2-8-23-16/h1-10H,11H2/b7-6+. The van der Waals surface area contributed by atoms with Crippen molar-refractivity contribution in [2.75, 3.05) is 0 Å². The highest BCUT2D eigenvalue weighted by Crippen LogP contribution is 2.25. The van der Waals surface area contributed by atoms with Crippen molar-refractivity contribution >= 4 is 35.0 Å². The molecule has 0 N–H and O–H groups in total. The predicted octanol–water partition coefficient (Wildman–Crippen LogP) is 4.81. The number of thiophene rings is 1. The lowest BCUT2D eigenvalue weighted by molar-refractivity contribution is -0.139. The van der Waals surface area contributed by atoms with Gasteiger partial charge in [-0.15, -0.1) is 11.3 Å². The molecular weight excluding hydrogens is 334 g/mol. The van der Waals surface area contributed by atoms with Gasteiger partial charge in [0.2, 0.25) is 0 Å². The molecule has 4 nitrogen and oxygen atoms in total. The van der Waals surface area contributed by atoms with Crippen LogP contribution in [0, 0.1) is 0 Å². The smallest absolute Gasteiger partial charge is 0.331 e. The van der Waals surface area contributed by atoms with Crippen molar-refractivity contribution in [3.8, 4) is 10.6 Å². The van der Waals surface area contributed by atoms with Gasteiger partial charge in [-0.1, -0.05) is 35.0 Å². The lowest BCUT2D eigenvalue weighted by Gasteiger charge is -1.98. The number of hydrogen-bond donors (Lipinski definition) is 0. The van der Waals surface area contributed by atoms with Crippen LogP contribution in [0.25, 0.3) is 16.7 Å². The molecule has 2 aromatic heterocycles. The summed E-state index contributed by atoms with van der Waals surface area (Å²) in [5, 5.41) is 6.46. The van der Waals surface area contributed by atoms with E-state index in [0.29, 0.717) is 16.5 Å². The average Bonchev–Trinajstić information content (AvgIpc) is 3.22. The summed E-state index contributed by atoms with van der Waals surface area (Å²) in [5.74, 6) is 0.214. The number of benzene rings is 1. The van der Waals surface area contributed by atoms with Gasteiger partial charge in [0.15, 0.2) is 5.76 Å². The third kappa shape index (κ3) is 4.31. The molecule has 6 heteroatoms. The summed E-state index contributed by atoms with van der Waals surface area (Å²) in [5.41, 5.74) is 1.40. The van der Waals surface area contributed by atoms with Crippen LogP contribution in [-0.4, -0.2) is 11.1 Å². The number of aromatic nitrogens is 1. The quantitative estimate of drug-likeness (QED) is 0.491. The Bertz CT molecular complexity index is 824. The van der Waals surface area contributed by atoms with Crippen LogP contribution < -0.4 is 0 Å². The van der Waals surface area contributed by atoms with Crippen LogP contribution in [0.4, 0.5) is 0 Å². The first-order chi connectivity index (χ1) is 11.2. The number of carbonyl (C=O) groups is 1. The van der Waals surface area contributed by atoms with Crippen LogP contribution >= 0.6 is 22.9 Å². The zero-order valence-corrected chi connectivity index (χ0v) is 13.5. The highest BCUT2D eigenvalue weighted by Gasteiger charge is 2.08. The van der Waals surface area contributed by atoms with E-state index in [1.165, 1.54) is 6.08 Å². The van der Waals surface area contributed by atoms with E-state index in [1.807, 2.05) is 29.6 Å². The molecule has 0 aliphatic heterocycles. The third-order valence-electron chi connectivity index (χ3n) is 2.95. The molecule has 0 fully saturated rings. The van der Waals surface area contributed by atoms with Crippen molar-refractivity contribution in [2.45, 2.75) is 6.61 Å². The van der Waals surface area contributed by atoms with Crippen LogP contribution in [-0.2, 0) is 16.1 Å². The summed E-state index contributed by atoms with van der Waals surface area (Å²) < 4.78 is 10.4. The molecule has 3 rings (SSSR count). The maximum atomic E-state index is 11.7. The van der Waals surface area contributed by atoms with Gasteiger partial charge in [-0.3, -0.25) is 0 Å². The van der Waals surface area contributed by atoms with Crippen molar-refractivity contribution in [2.24, 2.45) is 0 Å². The van der Waals surface area contributed by atoms with Gasteiger partial charge in [-0.05, 0) is 35.2 Å². The number of halogens is 1. The number of rotatable bonds is 5. The fourth-order valence-corrected chi connectivity index (χ4v) is 2.75. The second-order valence-electron chi connectivity index (χ2n) is 4.66. The number of ether oxygens (including phenoxy) is 1. The van der Waals surface area contributed by atoms with Crippen molar-refractivity contribution in [1.82, 2.24) is 5.16 Å². The maximum absolute atomic E-state index is 11.7. The lowest BCUT2D eigenvalue weighted by atomic mass is 10.2. The van der Waals surface area contributed by atoms with Gasteiger partial charge in [0, 0.05) is 17.2 Å². The van der Waals surface area contributed by atoms with Crippen molar-refractivity contribution < 1.29 is 14.1 Å². The van der Waals surface area contributed by atoms with Gasteiger partial charge in [0.1, 0.15) is 12.3 Å². The van der Waals surface area contributed by atoms with Crippen LogP contribution in [0.15, 0.2) is 58.4 Å². The van der Waals surface area contributed by atoms with E-state index in [0.717, 1.165) is 10.4 Å². The summed E-state index contributed by atoms with van der Waals surface area (Å²) in [7, 11) is 0. The fourth-order valence-electron chi connectivity index (χ4n) is 1.88. The normalized spacial score (nSPS) is 11.0. The summed E-state index contributed by atoms with van der Waals surface area (Å²) in [6.45, 7) is 0.0631. The first-order valence-electron chi connectivity index (χ1n) is 6.80. The molecule has 2 heterocycles. The molecule has 0 atom stereocenters. The molecule has 0 saturated heterocycles. The Morgan fingerprint density at radius 2 is 2.22 bits per heavy atom. The molecule has 0 aliphatic rings. The summed E-state index contributed by atoms with van der Waals surface area (Å²) >= 11 is 7.44. The zero-order chi connectivity index (χ0) is 16.1. The molecule has 116 valence electrons. The highest BCUT2D eigenvalue weighted by atomic mass is 35.5. The monoisotopic (exact) mass is 345 g/mol. The maximum Gasteiger partial charge on any atom is 0.331 e. The minimum atomic E-state index is -0.453.